The van der Waals surface area contributed by atoms with Crippen LogP contribution in [0.2, 0.25) is 0 Å². The molecule has 0 spiro atoms. The number of fused-ring (bicyclic) bond motifs is 1. The normalized spacial score (nSPS) is 37.1. The van der Waals surface area contributed by atoms with E-state index in [0.717, 1.165) is 38.4 Å². The summed E-state index contributed by atoms with van der Waals surface area (Å²) in [6, 6.07) is 0. The van der Waals surface area contributed by atoms with Crippen LogP contribution in [0.3, 0.4) is 0 Å². The molecule has 2 heterocycles. The molecule has 2 saturated heterocycles. The smallest absolute Gasteiger partial charge is 0.230 e. The molecule has 3 aliphatic rings. The Hall–Kier alpha value is 0.0700. The highest BCUT2D eigenvalue weighted by molar-refractivity contribution is 8.00. The summed E-state index contributed by atoms with van der Waals surface area (Å²) >= 11 is 2.04. The van der Waals surface area contributed by atoms with Gasteiger partial charge in [-0.3, -0.25) is 4.79 Å². The molecule has 1 aliphatic carbocycles. The van der Waals surface area contributed by atoms with E-state index in [4.69, 9.17) is 0 Å². The molecule has 0 aromatic heterocycles. The van der Waals surface area contributed by atoms with Crippen molar-refractivity contribution in [1.29, 1.82) is 0 Å². The summed E-state index contributed by atoms with van der Waals surface area (Å²) in [5.41, 5.74) is -0.0431. The van der Waals surface area contributed by atoms with Crippen LogP contribution in [0.4, 0.5) is 0 Å². The Morgan fingerprint density at radius 1 is 1.45 bits per heavy atom. The Kier molecular flexibility index (Phi) is 5.66. The lowest BCUT2D eigenvalue weighted by Gasteiger charge is -2.43. The van der Waals surface area contributed by atoms with Crippen LogP contribution in [-0.4, -0.2) is 48.0 Å². The molecular weight excluding hydrogens is 292 g/mol. The molecule has 0 bridgehead atoms. The quantitative estimate of drug-likeness (QED) is 0.849. The zero-order chi connectivity index (χ0) is 13.3. The van der Waals surface area contributed by atoms with Crippen LogP contribution in [0.5, 0.6) is 0 Å². The lowest BCUT2D eigenvalue weighted by atomic mass is 9.67. The minimum atomic E-state index is -0.0431. The molecule has 3 nitrogen and oxygen atoms in total. The number of hydrogen-bond acceptors (Lipinski definition) is 3. The van der Waals surface area contributed by atoms with Crippen molar-refractivity contribution in [1.82, 2.24) is 10.2 Å². The maximum absolute atomic E-state index is 13.1. The van der Waals surface area contributed by atoms with Crippen LogP contribution in [0.15, 0.2) is 0 Å². The predicted octanol–water partition coefficient (Wildman–Crippen LogP) is 2.54. The summed E-state index contributed by atoms with van der Waals surface area (Å²) in [4.78, 5) is 15.3. The second-order valence-electron chi connectivity index (χ2n) is 6.38. The predicted molar refractivity (Wildman–Crippen MR) is 87.6 cm³/mol. The zero-order valence-corrected chi connectivity index (χ0v) is 14.0. The van der Waals surface area contributed by atoms with E-state index in [0.29, 0.717) is 17.1 Å². The number of nitrogens with zero attached hydrogens (tertiary/aromatic N) is 1. The lowest BCUT2D eigenvalue weighted by Crippen LogP contribution is -2.53. The van der Waals surface area contributed by atoms with Gasteiger partial charge in [0.1, 0.15) is 0 Å². The van der Waals surface area contributed by atoms with Gasteiger partial charge < -0.3 is 10.2 Å². The largest absolute Gasteiger partial charge is 0.340 e. The third kappa shape index (κ3) is 2.84. The van der Waals surface area contributed by atoms with Crippen molar-refractivity contribution >= 4 is 30.1 Å². The molecule has 3 rings (SSSR count). The molecule has 1 saturated carbocycles. The minimum Gasteiger partial charge on any atom is -0.340 e. The van der Waals surface area contributed by atoms with Crippen molar-refractivity contribution in [3.05, 3.63) is 0 Å². The van der Waals surface area contributed by atoms with Gasteiger partial charge in [-0.1, -0.05) is 19.8 Å². The summed E-state index contributed by atoms with van der Waals surface area (Å²) in [6.45, 7) is 6.18. The highest BCUT2D eigenvalue weighted by Crippen LogP contribution is 2.45. The SMILES string of the molecule is CCC1CN(C(=O)[C@@]23CCCC[C@H]2CNC3)CCS1.Cl. The van der Waals surface area contributed by atoms with Gasteiger partial charge in [0, 0.05) is 30.6 Å². The first-order chi connectivity index (χ1) is 9.26. The monoisotopic (exact) mass is 318 g/mol. The fraction of sp³-hybridized carbons (Fsp3) is 0.933. The van der Waals surface area contributed by atoms with Crippen molar-refractivity contribution in [3.63, 3.8) is 0 Å². The van der Waals surface area contributed by atoms with E-state index < -0.39 is 0 Å². The third-order valence-corrected chi connectivity index (χ3v) is 6.72. The maximum Gasteiger partial charge on any atom is 0.230 e. The number of thioether (sulfide) groups is 1. The number of carbonyl (C=O) groups excluding carboxylic acids is 1. The summed E-state index contributed by atoms with van der Waals surface area (Å²) in [6.07, 6.45) is 6.10. The number of hydrogen-bond donors (Lipinski definition) is 1. The minimum absolute atomic E-state index is 0. The van der Waals surface area contributed by atoms with Crippen molar-refractivity contribution < 1.29 is 4.79 Å². The van der Waals surface area contributed by atoms with E-state index >= 15 is 0 Å². The van der Waals surface area contributed by atoms with Gasteiger partial charge in [0.15, 0.2) is 0 Å². The van der Waals surface area contributed by atoms with Crippen LogP contribution in [-0.2, 0) is 4.79 Å². The molecule has 1 amide bonds. The van der Waals surface area contributed by atoms with Crippen molar-refractivity contribution in [2.24, 2.45) is 11.3 Å². The third-order valence-electron chi connectivity index (χ3n) is 5.35. The Labute approximate surface area is 133 Å². The molecule has 20 heavy (non-hydrogen) atoms. The topological polar surface area (TPSA) is 32.3 Å². The molecule has 1 unspecified atom stereocenters. The van der Waals surface area contributed by atoms with Crippen LogP contribution >= 0.6 is 24.2 Å². The first-order valence-electron chi connectivity index (χ1n) is 7.88. The average molecular weight is 319 g/mol. The van der Waals surface area contributed by atoms with Gasteiger partial charge >= 0.3 is 0 Å². The molecule has 1 N–H and O–H groups in total. The number of halogens is 1. The molecule has 3 atom stereocenters. The second kappa shape index (κ2) is 6.89. The number of carbonyl (C=O) groups is 1. The molecule has 2 aliphatic heterocycles. The fourth-order valence-electron chi connectivity index (χ4n) is 4.13. The van der Waals surface area contributed by atoms with Crippen molar-refractivity contribution in [2.75, 3.05) is 31.9 Å². The van der Waals surface area contributed by atoms with E-state index in [1.807, 2.05) is 11.8 Å². The Bertz CT molecular complexity index is 355. The van der Waals surface area contributed by atoms with Crippen LogP contribution in [0, 0.1) is 11.3 Å². The summed E-state index contributed by atoms with van der Waals surface area (Å²) in [5, 5.41) is 4.16. The van der Waals surface area contributed by atoms with Crippen LogP contribution in [0.1, 0.15) is 39.0 Å². The van der Waals surface area contributed by atoms with Gasteiger partial charge in [-0.15, -0.1) is 12.4 Å². The van der Waals surface area contributed by atoms with Gasteiger partial charge in [0.05, 0.1) is 5.41 Å². The number of nitrogens with one attached hydrogen (secondary N) is 1. The molecule has 0 radical (unpaired) electrons. The summed E-state index contributed by atoms with van der Waals surface area (Å²) in [7, 11) is 0. The van der Waals surface area contributed by atoms with Gasteiger partial charge in [0.2, 0.25) is 5.91 Å². The van der Waals surface area contributed by atoms with Crippen molar-refractivity contribution in [3.8, 4) is 0 Å². The van der Waals surface area contributed by atoms with Crippen LogP contribution < -0.4 is 5.32 Å². The Balaban J connectivity index is 0.00000147. The molecular formula is C15H27ClN2OS. The Morgan fingerprint density at radius 2 is 2.30 bits per heavy atom. The first kappa shape index (κ1) is 16.4. The molecule has 0 aromatic rings. The lowest BCUT2D eigenvalue weighted by molar-refractivity contribution is -0.145. The van der Waals surface area contributed by atoms with Gasteiger partial charge in [0.25, 0.3) is 0 Å². The Morgan fingerprint density at radius 3 is 3.10 bits per heavy atom. The van der Waals surface area contributed by atoms with E-state index in [2.05, 4.69) is 17.1 Å². The first-order valence-corrected chi connectivity index (χ1v) is 8.93. The van der Waals surface area contributed by atoms with Gasteiger partial charge in [-0.25, -0.2) is 0 Å². The van der Waals surface area contributed by atoms with Gasteiger partial charge in [-0.2, -0.15) is 11.8 Å². The summed E-state index contributed by atoms with van der Waals surface area (Å²) < 4.78 is 0. The summed E-state index contributed by atoms with van der Waals surface area (Å²) in [5.74, 6) is 2.20. The van der Waals surface area contributed by atoms with Crippen LogP contribution in [0.25, 0.3) is 0 Å². The molecule has 116 valence electrons. The van der Waals surface area contributed by atoms with E-state index in [-0.39, 0.29) is 17.8 Å². The number of amides is 1. The van der Waals surface area contributed by atoms with Gasteiger partial charge in [-0.05, 0) is 31.7 Å². The van der Waals surface area contributed by atoms with Crippen molar-refractivity contribution in [2.45, 2.75) is 44.3 Å². The molecule has 3 fully saturated rings. The molecule has 0 aromatic carbocycles. The standard InChI is InChI=1S/C15H26N2OS.ClH/c1-2-13-10-17(7-8-19-13)14(18)15-6-4-3-5-12(15)9-16-11-15;/h12-13,16H,2-11H2,1H3;1H/t12-,13?,15+;/m0./s1. The molecule has 5 heteroatoms. The number of rotatable bonds is 2. The van der Waals surface area contributed by atoms with E-state index in [1.165, 1.54) is 25.7 Å². The average Bonchev–Trinajstić information content (AvgIpc) is 2.91. The highest BCUT2D eigenvalue weighted by Gasteiger charge is 2.51. The zero-order valence-electron chi connectivity index (χ0n) is 12.4. The van der Waals surface area contributed by atoms with E-state index in [9.17, 15) is 4.79 Å². The maximum atomic E-state index is 13.1. The van der Waals surface area contributed by atoms with E-state index in [1.54, 1.807) is 0 Å². The fourth-order valence-corrected chi connectivity index (χ4v) is 5.31. The second-order valence-corrected chi connectivity index (χ2v) is 7.79. The highest BCUT2D eigenvalue weighted by atomic mass is 35.5.